The summed E-state index contributed by atoms with van der Waals surface area (Å²) in [4.78, 5) is 27.5. The van der Waals surface area contributed by atoms with Gasteiger partial charge in [0.15, 0.2) is 0 Å². The smallest absolute Gasteiger partial charge is 0.229 e. The summed E-state index contributed by atoms with van der Waals surface area (Å²) in [6.45, 7) is 5.81. The number of carbonyl (C=O) groups is 2. The molecule has 0 radical (unpaired) electrons. The van der Waals surface area contributed by atoms with Gasteiger partial charge in [0.2, 0.25) is 11.8 Å². The average molecular weight is 503 g/mol. The van der Waals surface area contributed by atoms with Crippen molar-refractivity contribution in [1.82, 2.24) is 9.80 Å². The van der Waals surface area contributed by atoms with Crippen molar-refractivity contribution in [3.05, 3.63) is 63.1 Å². The number of hydrogen-bond donors (Lipinski definition) is 0. The lowest BCUT2D eigenvalue weighted by molar-refractivity contribution is -0.138. The van der Waals surface area contributed by atoms with Crippen molar-refractivity contribution >= 4 is 35.0 Å². The van der Waals surface area contributed by atoms with Gasteiger partial charge in [0.05, 0.1) is 16.6 Å². The first-order valence-electron chi connectivity index (χ1n) is 12.2. The Balaban J connectivity index is 1.45. The van der Waals surface area contributed by atoms with E-state index in [1.807, 2.05) is 18.2 Å². The summed E-state index contributed by atoms with van der Waals surface area (Å²) < 4.78 is 5.98. The number of imide groups is 1. The van der Waals surface area contributed by atoms with Crippen LogP contribution in [0.4, 0.5) is 0 Å². The van der Waals surface area contributed by atoms with Gasteiger partial charge in [-0.25, -0.2) is 0 Å². The number of ether oxygens (including phenoxy) is 1. The lowest BCUT2D eigenvalue weighted by Crippen LogP contribution is -2.41. The lowest BCUT2D eigenvalue weighted by atomic mass is 9.89. The molecule has 4 rings (SSSR count). The van der Waals surface area contributed by atoms with Gasteiger partial charge < -0.3 is 4.74 Å². The van der Waals surface area contributed by atoms with E-state index in [1.54, 1.807) is 0 Å². The molecule has 1 aliphatic heterocycles. The number of likely N-dealkylation sites (tertiary alicyclic amines) is 1. The number of rotatable bonds is 10. The lowest BCUT2D eigenvalue weighted by Gasteiger charge is -2.42. The highest BCUT2D eigenvalue weighted by atomic mass is 35.5. The topological polar surface area (TPSA) is 49.9 Å². The number of aryl methyl sites for hydroxylation is 1. The molecule has 34 heavy (non-hydrogen) atoms. The predicted molar refractivity (Wildman–Crippen MR) is 135 cm³/mol. The summed E-state index contributed by atoms with van der Waals surface area (Å²) in [5, 5.41) is 1.17. The SMILES string of the molecule is CCc1cc(CN(C2CCC2)C(C)c2ccc(Cl)c(Cl)c2)ccc1OCCN1C(=O)CCC1=O. The third-order valence-electron chi connectivity index (χ3n) is 7.07. The molecule has 1 aliphatic carbocycles. The number of nitrogens with zero attached hydrogens (tertiary/aromatic N) is 2. The molecule has 5 nitrogen and oxygen atoms in total. The molecule has 1 saturated carbocycles. The molecular weight excluding hydrogens is 471 g/mol. The number of carbonyl (C=O) groups excluding carboxylic acids is 2. The Bertz CT molecular complexity index is 1040. The quantitative estimate of drug-likeness (QED) is 0.363. The predicted octanol–water partition coefficient (Wildman–Crippen LogP) is 6.20. The first-order chi connectivity index (χ1) is 16.4. The molecule has 1 heterocycles. The monoisotopic (exact) mass is 502 g/mol. The maximum Gasteiger partial charge on any atom is 0.229 e. The zero-order chi connectivity index (χ0) is 24.2. The van der Waals surface area contributed by atoms with E-state index >= 15 is 0 Å². The van der Waals surface area contributed by atoms with Crippen LogP contribution in [-0.4, -0.2) is 40.8 Å². The Morgan fingerprint density at radius 2 is 1.79 bits per heavy atom. The molecular formula is C27H32Cl2N2O3. The fourth-order valence-corrected chi connectivity index (χ4v) is 5.05. The van der Waals surface area contributed by atoms with Gasteiger partial charge in [-0.1, -0.05) is 54.7 Å². The number of amides is 2. The van der Waals surface area contributed by atoms with E-state index in [9.17, 15) is 9.59 Å². The molecule has 1 unspecified atom stereocenters. The average Bonchev–Trinajstić information content (AvgIpc) is 3.11. The standard InChI is InChI=1S/C27H32Cl2N2O3/c1-3-20-15-19(7-10-25(20)34-14-13-30-26(32)11-12-27(30)33)17-31(22-5-4-6-22)18(2)21-8-9-23(28)24(29)16-21/h7-10,15-16,18,22H,3-6,11-14,17H2,1-2H3. The van der Waals surface area contributed by atoms with Gasteiger partial charge >= 0.3 is 0 Å². The molecule has 0 aromatic heterocycles. The first-order valence-corrected chi connectivity index (χ1v) is 12.9. The van der Waals surface area contributed by atoms with Crippen molar-refractivity contribution in [2.75, 3.05) is 13.2 Å². The third-order valence-corrected chi connectivity index (χ3v) is 7.80. The Kier molecular flexibility index (Phi) is 8.18. The molecule has 2 amide bonds. The van der Waals surface area contributed by atoms with E-state index in [2.05, 4.69) is 36.9 Å². The van der Waals surface area contributed by atoms with Crippen LogP contribution >= 0.6 is 23.2 Å². The van der Waals surface area contributed by atoms with Crippen LogP contribution in [0.3, 0.4) is 0 Å². The first kappa shape index (κ1) is 25.0. The Morgan fingerprint density at radius 3 is 2.41 bits per heavy atom. The normalized spacial score (nSPS) is 17.4. The molecule has 0 bridgehead atoms. The van der Waals surface area contributed by atoms with Crippen molar-refractivity contribution < 1.29 is 14.3 Å². The van der Waals surface area contributed by atoms with Gasteiger partial charge in [0, 0.05) is 31.5 Å². The molecule has 0 N–H and O–H groups in total. The summed E-state index contributed by atoms with van der Waals surface area (Å²) in [5.41, 5.74) is 3.54. The summed E-state index contributed by atoms with van der Waals surface area (Å²) >= 11 is 12.4. The minimum Gasteiger partial charge on any atom is -0.491 e. The van der Waals surface area contributed by atoms with Gasteiger partial charge in [0.25, 0.3) is 0 Å². The van der Waals surface area contributed by atoms with Gasteiger partial charge in [-0.3, -0.25) is 19.4 Å². The van der Waals surface area contributed by atoms with Crippen molar-refractivity contribution in [2.24, 2.45) is 0 Å². The molecule has 0 spiro atoms. The van der Waals surface area contributed by atoms with Gasteiger partial charge in [0.1, 0.15) is 12.4 Å². The van der Waals surface area contributed by atoms with Crippen molar-refractivity contribution in [1.29, 1.82) is 0 Å². The van der Waals surface area contributed by atoms with Crippen LogP contribution in [0.1, 0.15) is 68.7 Å². The minimum absolute atomic E-state index is 0.105. The van der Waals surface area contributed by atoms with Crippen LogP contribution < -0.4 is 4.74 Å². The number of halogens is 2. The summed E-state index contributed by atoms with van der Waals surface area (Å²) in [6, 6.07) is 13.0. The second-order valence-electron chi connectivity index (χ2n) is 9.19. The second-order valence-corrected chi connectivity index (χ2v) is 10.0. The van der Waals surface area contributed by atoms with Gasteiger partial charge in [-0.2, -0.15) is 0 Å². The largest absolute Gasteiger partial charge is 0.491 e. The maximum absolute atomic E-state index is 11.8. The van der Waals surface area contributed by atoms with Gasteiger partial charge in [-0.05, 0) is 61.1 Å². The molecule has 2 aliphatic rings. The minimum atomic E-state index is -0.105. The molecule has 1 saturated heterocycles. The third kappa shape index (κ3) is 5.59. The maximum atomic E-state index is 11.8. The van der Waals surface area contributed by atoms with E-state index in [0.717, 1.165) is 24.3 Å². The number of benzene rings is 2. The van der Waals surface area contributed by atoms with Gasteiger partial charge in [-0.15, -0.1) is 0 Å². The molecule has 2 aromatic rings. The van der Waals surface area contributed by atoms with Crippen molar-refractivity contribution in [2.45, 2.75) is 71.0 Å². The molecule has 2 fully saturated rings. The van der Waals surface area contributed by atoms with Crippen LogP contribution in [0.25, 0.3) is 0 Å². The van der Waals surface area contributed by atoms with E-state index < -0.39 is 0 Å². The number of hydrogen-bond acceptors (Lipinski definition) is 4. The summed E-state index contributed by atoms with van der Waals surface area (Å²) in [6.07, 6.45) is 5.15. The van der Waals surface area contributed by atoms with E-state index in [4.69, 9.17) is 27.9 Å². The van der Waals surface area contributed by atoms with E-state index in [-0.39, 0.29) is 17.9 Å². The molecule has 7 heteroatoms. The van der Waals surface area contributed by atoms with Crippen molar-refractivity contribution in [3.63, 3.8) is 0 Å². The van der Waals surface area contributed by atoms with Crippen LogP contribution in [0.2, 0.25) is 10.0 Å². The zero-order valence-electron chi connectivity index (χ0n) is 19.9. The Hall–Kier alpha value is -2.08. The molecule has 182 valence electrons. The second kappa shape index (κ2) is 11.1. The highest BCUT2D eigenvalue weighted by molar-refractivity contribution is 6.42. The highest BCUT2D eigenvalue weighted by Gasteiger charge is 2.30. The van der Waals surface area contributed by atoms with E-state index in [1.165, 1.54) is 35.3 Å². The zero-order valence-corrected chi connectivity index (χ0v) is 21.4. The summed E-state index contributed by atoms with van der Waals surface area (Å²) in [5.74, 6) is 0.608. The summed E-state index contributed by atoms with van der Waals surface area (Å²) in [7, 11) is 0. The van der Waals surface area contributed by atoms with Crippen LogP contribution in [0.15, 0.2) is 36.4 Å². The van der Waals surface area contributed by atoms with Crippen LogP contribution in [0.5, 0.6) is 5.75 Å². The van der Waals surface area contributed by atoms with Crippen LogP contribution in [-0.2, 0) is 22.6 Å². The Morgan fingerprint density at radius 1 is 1.06 bits per heavy atom. The van der Waals surface area contributed by atoms with Crippen molar-refractivity contribution in [3.8, 4) is 5.75 Å². The fraction of sp³-hybridized carbons (Fsp3) is 0.481. The van der Waals surface area contributed by atoms with E-state index in [0.29, 0.717) is 42.1 Å². The molecule has 2 aromatic carbocycles. The highest BCUT2D eigenvalue weighted by Crippen LogP contribution is 2.36. The van der Waals surface area contributed by atoms with Crippen LogP contribution in [0, 0.1) is 0 Å². The fourth-order valence-electron chi connectivity index (χ4n) is 4.74. The molecule has 1 atom stereocenters. The Labute approximate surface area is 212 Å².